The lowest BCUT2D eigenvalue weighted by molar-refractivity contribution is -0.123. The largest absolute Gasteiger partial charge is 0.494 e. The first kappa shape index (κ1) is 21.3. The van der Waals surface area contributed by atoms with Gasteiger partial charge in [-0.05, 0) is 72.7 Å². The van der Waals surface area contributed by atoms with Crippen LogP contribution in [-0.4, -0.2) is 30.5 Å². The van der Waals surface area contributed by atoms with Gasteiger partial charge in [-0.15, -0.1) is 0 Å². The molecular weight excluding hydrogens is 391 g/mol. The van der Waals surface area contributed by atoms with Gasteiger partial charge in [-0.2, -0.15) is 11.3 Å². The molecule has 0 unspecified atom stereocenters. The van der Waals surface area contributed by atoms with Gasteiger partial charge in [-0.1, -0.05) is 6.07 Å². The molecule has 1 fully saturated rings. The van der Waals surface area contributed by atoms with Gasteiger partial charge >= 0.3 is 0 Å². The molecule has 3 rings (SSSR count). The number of ether oxygens (including phenoxy) is 1. The van der Waals surface area contributed by atoms with Crippen LogP contribution in [0.1, 0.15) is 43.7 Å². The summed E-state index contributed by atoms with van der Waals surface area (Å²) in [4.78, 5) is 24.4. The molecule has 156 valence electrons. The van der Waals surface area contributed by atoms with E-state index in [0.717, 1.165) is 12.0 Å². The number of carbonyl (C=O) groups excluding carboxylic acids is 2. The average molecular weight is 419 g/mol. The van der Waals surface area contributed by atoms with Crippen molar-refractivity contribution in [2.45, 2.75) is 57.0 Å². The number of carbonyl (C=O) groups is 2. The topological polar surface area (TPSA) is 67.4 Å². The van der Waals surface area contributed by atoms with Gasteiger partial charge in [0.1, 0.15) is 0 Å². The fourth-order valence-electron chi connectivity index (χ4n) is 3.90. The van der Waals surface area contributed by atoms with E-state index in [-0.39, 0.29) is 23.6 Å². The summed E-state index contributed by atoms with van der Waals surface area (Å²) in [7, 11) is 1.43. The van der Waals surface area contributed by atoms with Crippen molar-refractivity contribution in [1.29, 1.82) is 0 Å². The molecular formula is C22H27FN2O3S. The molecule has 29 heavy (non-hydrogen) atoms. The highest BCUT2D eigenvalue weighted by Crippen LogP contribution is 2.31. The van der Waals surface area contributed by atoms with E-state index in [1.807, 2.05) is 12.3 Å². The maximum Gasteiger partial charge on any atom is 0.220 e. The van der Waals surface area contributed by atoms with E-state index >= 15 is 0 Å². The van der Waals surface area contributed by atoms with Crippen LogP contribution in [0.2, 0.25) is 0 Å². The van der Waals surface area contributed by atoms with Gasteiger partial charge in [-0.25, -0.2) is 4.39 Å². The fraction of sp³-hybridized carbons (Fsp3) is 0.455. The van der Waals surface area contributed by atoms with E-state index in [1.165, 1.54) is 18.7 Å². The SMILES string of the molecule is COc1cc(C[C@@]2(CCC(=O)N[C@@H](C)Cc3ccsc3)CCC(=O)N2)ccc1F. The molecule has 1 aromatic heterocycles. The Bertz CT molecular complexity index is 856. The van der Waals surface area contributed by atoms with Gasteiger partial charge in [0.25, 0.3) is 0 Å². The van der Waals surface area contributed by atoms with Gasteiger partial charge in [-0.3, -0.25) is 9.59 Å². The highest BCUT2D eigenvalue weighted by atomic mass is 32.1. The summed E-state index contributed by atoms with van der Waals surface area (Å²) in [5.41, 5.74) is 1.60. The maximum atomic E-state index is 13.7. The number of rotatable bonds is 9. The van der Waals surface area contributed by atoms with Crippen LogP contribution in [0.3, 0.4) is 0 Å². The molecule has 0 aliphatic carbocycles. The molecule has 1 aliphatic rings. The number of halogens is 1. The van der Waals surface area contributed by atoms with E-state index in [4.69, 9.17) is 4.74 Å². The van der Waals surface area contributed by atoms with Crippen LogP contribution >= 0.6 is 11.3 Å². The first-order chi connectivity index (χ1) is 13.9. The van der Waals surface area contributed by atoms with Crippen LogP contribution in [0, 0.1) is 5.82 Å². The van der Waals surface area contributed by atoms with Crippen molar-refractivity contribution >= 4 is 23.2 Å². The Hall–Kier alpha value is -2.41. The first-order valence-corrected chi connectivity index (χ1v) is 10.8. The Morgan fingerprint density at radius 3 is 2.86 bits per heavy atom. The van der Waals surface area contributed by atoms with Crippen molar-refractivity contribution in [2.75, 3.05) is 7.11 Å². The zero-order chi connectivity index (χ0) is 20.9. The van der Waals surface area contributed by atoms with Crippen molar-refractivity contribution in [1.82, 2.24) is 10.6 Å². The van der Waals surface area contributed by atoms with Gasteiger partial charge in [0.15, 0.2) is 11.6 Å². The predicted octanol–water partition coefficient (Wildman–Crippen LogP) is 3.61. The second-order valence-electron chi connectivity index (χ2n) is 7.78. The number of thiophene rings is 1. The highest BCUT2D eigenvalue weighted by molar-refractivity contribution is 7.07. The van der Waals surface area contributed by atoms with Crippen LogP contribution in [0.25, 0.3) is 0 Å². The van der Waals surface area contributed by atoms with E-state index in [1.54, 1.807) is 23.5 Å². The van der Waals surface area contributed by atoms with Crippen molar-refractivity contribution < 1.29 is 18.7 Å². The zero-order valence-electron chi connectivity index (χ0n) is 16.8. The van der Waals surface area contributed by atoms with E-state index in [2.05, 4.69) is 22.1 Å². The first-order valence-electron chi connectivity index (χ1n) is 9.83. The molecule has 0 spiro atoms. The summed E-state index contributed by atoms with van der Waals surface area (Å²) in [5.74, 6) is -0.267. The van der Waals surface area contributed by atoms with Gasteiger partial charge in [0.2, 0.25) is 11.8 Å². The molecule has 1 aliphatic heterocycles. The fourth-order valence-corrected chi connectivity index (χ4v) is 4.58. The average Bonchev–Trinajstić information content (AvgIpc) is 3.32. The zero-order valence-corrected chi connectivity index (χ0v) is 17.6. The molecule has 0 radical (unpaired) electrons. The minimum absolute atomic E-state index is 0.00897. The Morgan fingerprint density at radius 2 is 2.21 bits per heavy atom. The maximum absolute atomic E-state index is 13.7. The Labute approximate surface area is 174 Å². The lowest BCUT2D eigenvalue weighted by atomic mass is 9.85. The molecule has 2 N–H and O–H groups in total. The molecule has 1 saturated heterocycles. The summed E-state index contributed by atoms with van der Waals surface area (Å²) in [6.07, 6.45) is 3.29. The number of hydrogen-bond donors (Lipinski definition) is 2. The van der Waals surface area contributed by atoms with E-state index < -0.39 is 11.4 Å². The second kappa shape index (κ2) is 9.39. The minimum Gasteiger partial charge on any atom is -0.494 e. The lowest BCUT2D eigenvalue weighted by Gasteiger charge is -2.29. The lowest BCUT2D eigenvalue weighted by Crippen LogP contribution is -2.45. The second-order valence-corrected chi connectivity index (χ2v) is 8.56. The standard InChI is InChI=1S/C22H27FN2O3S/c1-15(11-17-7-10-29-14-17)24-20(26)5-8-22(9-6-21(27)25-22)13-16-3-4-18(23)19(12-16)28-2/h3-4,7,10,12,14-15H,5-6,8-9,11,13H2,1-2H3,(H,24,26)(H,25,27)/t15-,22+/m0/s1. The van der Waals surface area contributed by atoms with Crippen molar-refractivity contribution in [3.8, 4) is 5.75 Å². The van der Waals surface area contributed by atoms with Crippen LogP contribution in [0.15, 0.2) is 35.0 Å². The number of nitrogens with one attached hydrogen (secondary N) is 2. The third-order valence-corrected chi connectivity index (χ3v) is 6.09. The quantitative estimate of drug-likeness (QED) is 0.654. The Balaban J connectivity index is 1.60. The summed E-state index contributed by atoms with van der Waals surface area (Å²) < 4.78 is 18.8. The van der Waals surface area contributed by atoms with Crippen molar-refractivity contribution in [2.24, 2.45) is 0 Å². The molecule has 0 bridgehead atoms. The van der Waals surface area contributed by atoms with Crippen LogP contribution < -0.4 is 15.4 Å². The van der Waals surface area contributed by atoms with E-state index in [0.29, 0.717) is 32.1 Å². The molecule has 2 atom stereocenters. The molecule has 2 heterocycles. The number of amides is 2. The monoisotopic (exact) mass is 418 g/mol. The van der Waals surface area contributed by atoms with Crippen molar-refractivity contribution in [3.63, 3.8) is 0 Å². The minimum atomic E-state index is -0.492. The molecule has 2 aromatic rings. The predicted molar refractivity (Wildman–Crippen MR) is 112 cm³/mol. The van der Waals surface area contributed by atoms with Gasteiger partial charge < -0.3 is 15.4 Å². The van der Waals surface area contributed by atoms with Crippen LogP contribution in [0.4, 0.5) is 4.39 Å². The molecule has 7 heteroatoms. The third kappa shape index (κ3) is 5.79. The smallest absolute Gasteiger partial charge is 0.220 e. The van der Waals surface area contributed by atoms with Gasteiger partial charge in [0, 0.05) is 24.4 Å². The number of benzene rings is 1. The third-order valence-electron chi connectivity index (χ3n) is 5.35. The number of methoxy groups -OCH3 is 1. The molecule has 0 saturated carbocycles. The van der Waals surface area contributed by atoms with E-state index in [9.17, 15) is 14.0 Å². The van der Waals surface area contributed by atoms with Crippen molar-refractivity contribution in [3.05, 3.63) is 52.0 Å². The van der Waals surface area contributed by atoms with Crippen LogP contribution in [0.5, 0.6) is 5.75 Å². The summed E-state index contributed by atoms with van der Waals surface area (Å²) in [6.45, 7) is 1.99. The normalized spacial score (nSPS) is 19.6. The van der Waals surface area contributed by atoms with Gasteiger partial charge in [0.05, 0.1) is 7.11 Å². The Kier molecular flexibility index (Phi) is 6.90. The highest BCUT2D eigenvalue weighted by Gasteiger charge is 2.38. The molecule has 2 amide bonds. The number of hydrogen-bond acceptors (Lipinski definition) is 4. The molecule has 5 nitrogen and oxygen atoms in total. The summed E-state index contributed by atoms with van der Waals surface area (Å²) in [5, 5.41) is 10.2. The van der Waals surface area contributed by atoms with Crippen LogP contribution in [-0.2, 0) is 22.4 Å². The summed E-state index contributed by atoms with van der Waals surface area (Å²) >= 11 is 1.65. The Morgan fingerprint density at radius 1 is 1.38 bits per heavy atom. The molecule has 1 aromatic carbocycles. The summed E-state index contributed by atoms with van der Waals surface area (Å²) in [6, 6.07) is 6.84.